The number of anilines is 1. The highest BCUT2D eigenvalue weighted by atomic mass is 32.2. The van der Waals surface area contributed by atoms with Crippen LogP contribution in [0.3, 0.4) is 0 Å². The molecule has 4 heterocycles. The number of carboxylic acid groups (broad SMARTS) is 1. The van der Waals surface area contributed by atoms with Crippen LogP contribution in [0.1, 0.15) is 12.7 Å². The minimum atomic E-state index is -1.30. The molecule has 0 radical (unpaired) electrons. The first-order chi connectivity index (χ1) is 17.8. The zero-order valence-electron chi connectivity index (χ0n) is 19.7. The molecule has 2 saturated heterocycles. The van der Waals surface area contributed by atoms with Gasteiger partial charge in [-0.2, -0.15) is 14.5 Å². The topological polar surface area (TPSA) is 191 Å². The lowest BCUT2D eigenvalue weighted by Crippen LogP contribution is -2.71. The smallest absolute Gasteiger partial charge is 0.353 e. The molecule has 0 bridgehead atoms. The fraction of sp³-hybridized carbons (Fsp3) is 0.474. The Morgan fingerprint density at radius 3 is 2.81 bits per heavy atom. The van der Waals surface area contributed by atoms with Crippen LogP contribution in [0.5, 0.6) is 0 Å². The number of aliphatic imine (C=N–C) groups is 1. The van der Waals surface area contributed by atoms with E-state index < -0.39 is 41.8 Å². The van der Waals surface area contributed by atoms with E-state index >= 15 is 0 Å². The van der Waals surface area contributed by atoms with Gasteiger partial charge < -0.3 is 25.9 Å². The number of likely N-dealkylation sites (N-methyl/N-ethyl adjacent to an activating group) is 1. The van der Waals surface area contributed by atoms with Crippen LogP contribution in [-0.2, 0) is 19.2 Å². The number of fused-ring (bicyclic) bond motifs is 1. The van der Waals surface area contributed by atoms with Crippen molar-refractivity contribution in [1.82, 2.24) is 29.5 Å². The second-order valence-electron chi connectivity index (χ2n) is 7.65. The highest BCUT2D eigenvalue weighted by Crippen LogP contribution is 2.40. The summed E-state index contributed by atoms with van der Waals surface area (Å²) in [5.41, 5.74) is 5.20. The number of nitrogen functional groups attached to an aromatic ring is 1. The molecule has 1 aromatic heterocycles. The number of nitrogens with one attached hydrogen (secondary N) is 1. The van der Waals surface area contributed by atoms with Crippen molar-refractivity contribution in [2.75, 3.05) is 45.0 Å². The highest BCUT2D eigenvalue weighted by molar-refractivity contribution is 8.00. The maximum Gasteiger partial charge on any atom is 0.353 e. The van der Waals surface area contributed by atoms with Crippen molar-refractivity contribution in [1.29, 1.82) is 0 Å². The van der Waals surface area contributed by atoms with E-state index in [1.165, 1.54) is 18.0 Å². The summed E-state index contributed by atoms with van der Waals surface area (Å²) >= 11 is 2.05. The molecule has 198 valence electrons. The number of thioether (sulfide) groups is 1. The molecule has 15 nitrogen and oxygen atoms in total. The van der Waals surface area contributed by atoms with Crippen LogP contribution in [0, 0.1) is 0 Å². The molecule has 3 aliphatic heterocycles. The second-order valence-corrected chi connectivity index (χ2v) is 9.53. The van der Waals surface area contributed by atoms with Crippen molar-refractivity contribution >= 4 is 64.1 Å². The Kier molecular flexibility index (Phi) is 7.86. The molecule has 0 saturated carbocycles. The lowest BCUT2D eigenvalue weighted by molar-refractivity contribution is -0.150. The number of nitrogens with two attached hydrogens (primary N) is 1. The molecular formula is C19H23FN10O5S2. The molecule has 0 aromatic carbocycles. The molecule has 4 N–H and O–H groups in total. The lowest BCUT2D eigenvalue weighted by atomic mass is 10.0. The Morgan fingerprint density at radius 1 is 1.41 bits per heavy atom. The quantitative estimate of drug-likeness (QED) is 0.195. The summed E-state index contributed by atoms with van der Waals surface area (Å²) in [6.45, 7) is 2.78. The minimum absolute atomic E-state index is 0.0450. The van der Waals surface area contributed by atoms with E-state index in [0.29, 0.717) is 18.1 Å². The molecule has 1 unspecified atom stereocenters. The first-order valence-electron chi connectivity index (χ1n) is 10.9. The predicted molar refractivity (Wildman–Crippen MR) is 133 cm³/mol. The summed E-state index contributed by atoms with van der Waals surface area (Å²) in [7, 11) is 1.65. The molecule has 4 rings (SSSR count). The van der Waals surface area contributed by atoms with Crippen molar-refractivity contribution in [2.45, 2.75) is 18.3 Å². The van der Waals surface area contributed by atoms with Gasteiger partial charge >= 0.3 is 5.97 Å². The second kappa shape index (κ2) is 11.1. The summed E-state index contributed by atoms with van der Waals surface area (Å²) in [5, 5.41) is 21.2. The van der Waals surface area contributed by atoms with Gasteiger partial charge in [0.1, 0.15) is 17.1 Å². The van der Waals surface area contributed by atoms with E-state index in [0.717, 1.165) is 29.5 Å². The molecule has 3 aliphatic rings. The number of guanidine groups is 1. The molecule has 18 heteroatoms. The SMILES string of the molecule is CCN1CCN(N=CC2=C(C(=O)O)N3C(=O)C(NC(=O)C(=NOCF)c4nsc(N)n4)[C@@H]3SC2)C1=NC. The Balaban J connectivity index is 1.51. The number of hydrazone groups is 1. The van der Waals surface area contributed by atoms with Gasteiger partial charge in [-0.25, -0.2) is 14.2 Å². The molecule has 0 aliphatic carbocycles. The Labute approximate surface area is 218 Å². The fourth-order valence-electron chi connectivity index (χ4n) is 3.94. The number of hydrogen-bond acceptors (Lipinski definition) is 12. The lowest BCUT2D eigenvalue weighted by Gasteiger charge is -2.49. The van der Waals surface area contributed by atoms with Gasteiger partial charge in [-0.1, -0.05) is 5.16 Å². The number of carbonyl (C=O) groups excluding carboxylic acids is 2. The predicted octanol–water partition coefficient (Wildman–Crippen LogP) is -0.884. The van der Waals surface area contributed by atoms with E-state index in [1.807, 2.05) is 11.8 Å². The van der Waals surface area contributed by atoms with E-state index in [1.54, 1.807) is 12.1 Å². The van der Waals surface area contributed by atoms with Gasteiger partial charge in [0.25, 0.3) is 18.7 Å². The molecular weight excluding hydrogens is 531 g/mol. The van der Waals surface area contributed by atoms with E-state index in [2.05, 4.69) is 34.8 Å². The average Bonchev–Trinajstić information content (AvgIpc) is 3.50. The number of carboxylic acids is 1. The summed E-state index contributed by atoms with van der Waals surface area (Å²) in [5.74, 6) is -2.14. The van der Waals surface area contributed by atoms with Crippen LogP contribution < -0.4 is 11.1 Å². The number of aliphatic carboxylic acids is 1. The van der Waals surface area contributed by atoms with E-state index in [-0.39, 0.29) is 22.4 Å². The Bertz CT molecular complexity index is 1220. The first-order valence-corrected chi connectivity index (χ1v) is 12.7. The van der Waals surface area contributed by atoms with Crippen LogP contribution in [0.25, 0.3) is 0 Å². The van der Waals surface area contributed by atoms with Gasteiger partial charge in [0.2, 0.25) is 17.5 Å². The van der Waals surface area contributed by atoms with Crippen LogP contribution >= 0.6 is 23.3 Å². The monoisotopic (exact) mass is 554 g/mol. The molecule has 1 aromatic rings. The number of rotatable bonds is 9. The molecule has 37 heavy (non-hydrogen) atoms. The van der Waals surface area contributed by atoms with Gasteiger partial charge in [-0.15, -0.1) is 11.8 Å². The molecule has 0 spiro atoms. The zero-order valence-corrected chi connectivity index (χ0v) is 21.3. The number of aromatic nitrogens is 2. The third-order valence-corrected chi connectivity index (χ3v) is 7.44. The van der Waals surface area contributed by atoms with E-state index in [9.17, 15) is 23.9 Å². The first kappa shape index (κ1) is 26.3. The number of alkyl halides is 1. The number of amides is 2. The maximum atomic E-state index is 12.9. The van der Waals surface area contributed by atoms with Crippen molar-refractivity contribution in [3.05, 3.63) is 17.1 Å². The summed E-state index contributed by atoms with van der Waals surface area (Å²) in [6.07, 6.45) is 1.42. The normalized spacial score (nSPS) is 23.1. The Morgan fingerprint density at radius 2 is 2.19 bits per heavy atom. The van der Waals surface area contributed by atoms with Crippen molar-refractivity contribution in [3.63, 3.8) is 0 Å². The van der Waals surface area contributed by atoms with Crippen LogP contribution in [0.4, 0.5) is 9.52 Å². The summed E-state index contributed by atoms with van der Waals surface area (Å²) in [4.78, 5) is 53.4. The highest BCUT2D eigenvalue weighted by Gasteiger charge is 2.54. The van der Waals surface area contributed by atoms with Gasteiger partial charge in [-0.05, 0) is 6.92 Å². The van der Waals surface area contributed by atoms with Gasteiger partial charge in [0.05, 0.1) is 12.8 Å². The molecule has 2 fully saturated rings. The summed E-state index contributed by atoms with van der Waals surface area (Å²) < 4.78 is 16.3. The number of halogens is 1. The largest absolute Gasteiger partial charge is 0.477 e. The number of nitrogens with zero attached hydrogens (tertiary/aromatic N) is 8. The number of oxime groups is 1. The third-order valence-electron chi connectivity index (χ3n) is 5.59. The minimum Gasteiger partial charge on any atom is -0.477 e. The number of carbonyl (C=O) groups is 3. The van der Waals surface area contributed by atoms with Crippen LogP contribution in [0.15, 0.2) is 26.5 Å². The van der Waals surface area contributed by atoms with Crippen molar-refractivity contribution < 1.29 is 28.7 Å². The van der Waals surface area contributed by atoms with Gasteiger partial charge in [0, 0.05) is 43.0 Å². The number of β-lactam (4-membered cyclic amide) rings is 1. The van der Waals surface area contributed by atoms with Crippen molar-refractivity contribution in [3.8, 4) is 0 Å². The van der Waals surface area contributed by atoms with Crippen molar-refractivity contribution in [2.24, 2.45) is 15.2 Å². The van der Waals surface area contributed by atoms with Gasteiger partial charge in [-0.3, -0.25) is 19.5 Å². The van der Waals surface area contributed by atoms with Gasteiger partial charge in [0.15, 0.2) is 5.13 Å². The zero-order chi connectivity index (χ0) is 26.7. The van der Waals surface area contributed by atoms with E-state index in [4.69, 9.17) is 5.73 Å². The standard InChI is InChI=1S/C19H23FN10O5S2/c1-3-28-4-5-29(19(28)22-2)23-6-9-7-36-16-11(15(32)30(16)12(9)17(33)34)24-14(31)10(26-35-8-20)13-25-18(21)37-27-13/h6,11,16H,3-5,7-8H2,1-2H3,(H,24,31)(H,33,34)(H2,21,25,27)/t11?,16-/m0/s1. The fourth-order valence-corrected chi connectivity index (χ4v) is 5.67. The Hall–Kier alpha value is -3.80. The van der Waals surface area contributed by atoms with Crippen LogP contribution in [0.2, 0.25) is 0 Å². The average molecular weight is 555 g/mol. The molecule has 2 atom stereocenters. The maximum absolute atomic E-state index is 12.9. The summed E-state index contributed by atoms with van der Waals surface area (Å²) in [6, 6.07) is -1.06. The third kappa shape index (κ3) is 5.06. The van der Waals surface area contributed by atoms with Crippen LogP contribution in [-0.4, -0.2) is 116 Å². The molecule has 2 amide bonds. The number of hydrogen-bond donors (Lipinski definition) is 3.